The molecular weight excluding hydrogens is 372 g/mol. The number of halogens is 2. The third-order valence-corrected chi connectivity index (χ3v) is 2.67. The van der Waals surface area contributed by atoms with E-state index in [1.165, 1.54) is 6.07 Å². The molecule has 0 fully saturated rings. The summed E-state index contributed by atoms with van der Waals surface area (Å²) in [6.45, 7) is 3.24. The van der Waals surface area contributed by atoms with Gasteiger partial charge in [0.1, 0.15) is 5.82 Å². The minimum absolute atomic E-state index is 0. The van der Waals surface area contributed by atoms with Crippen molar-refractivity contribution in [2.24, 2.45) is 4.99 Å². The fraction of sp³-hybridized carbons (Fsp3) is 0.500. The van der Waals surface area contributed by atoms with E-state index >= 15 is 0 Å². The summed E-state index contributed by atoms with van der Waals surface area (Å²) in [5, 5.41) is 6.34. The largest absolute Gasteiger partial charge is 0.383 e. The lowest BCUT2D eigenvalue weighted by atomic mass is 10.1. The summed E-state index contributed by atoms with van der Waals surface area (Å²) < 4.78 is 18.5. The molecule has 114 valence electrons. The molecule has 0 heterocycles. The van der Waals surface area contributed by atoms with Crippen LogP contribution in [0, 0.1) is 5.82 Å². The maximum atomic E-state index is 13.4. The smallest absolute Gasteiger partial charge is 0.191 e. The molecule has 0 amide bonds. The van der Waals surface area contributed by atoms with Gasteiger partial charge in [0, 0.05) is 26.7 Å². The molecule has 1 aromatic carbocycles. The van der Waals surface area contributed by atoms with Gasteiger partial charge in [-0.2, -0.15) is 0 Å². The van der Waals surface area contributed by atoms with E-state index in [-0.39, 0.29) is 35.8 Å². The molecule has 0 aromatic heterocycles. The third-order valence-electron chi connectivity index (χ3n) is 2.67. The van der Waals surface area contributed by atoms with Gasteiger partial charge in [0.05, 0.1) is 6.61 Å². The van der Waals surface area contributed by atoms with E-state index in [1.54, 1.807) is 26.3 Å². The van der Waals surface area contributed by atoms with Crippen LogP contribution >= 0.6 is 24.0 Å². The van der Waals surface area contributed by atoms with Crippen LogP contribution < -0.4 is 10.6 Å². The van der Waals surface area contributed by atoms with Crippen molar-refractivity contribution in [3.8, 4) is 0 Å². The first-order valence-corrected chi connectivity index (χ1v) is 6.37. The zero-order chi connectivity index (χ0) is 14.1. The van der Waals surface area contributed by atoms with Crippen LogP contribution in [0.25, 0.3) is 0 Å². The highest BCUT2D eigenvalue weighted by Crippen LogP contribution is 2.05. The second-order valence-electron chi connectivity index (χ2n) is 4.34. The van der Waals surface area contributed by atoms with Gasteiger partial charge in [-0.05, 0) is 25.0 Å². The van der Waals surface area contributed by atoms with Gasteiger partial charge in [0.25, 0.3) is 0 Å². The van der Waals surface area contributed by atoms with Gasteiger partial charge in [0.2, 0.25) is 0 Å². The van der Waals surface area contributed by atoms with Gasteiger partial charge in [0.15, 0.2) is 5.96 Å². The first-order chi connectivity index (χ1) is 9.17. The summed E-state index contributed by atoms with van der Waals surface area (Å²) in [6, 6.07) is 6.97. The van der Waals surface area contributed by atoms with Gasteiger partial charge in [-0.25, -0.2) is 4.39 Å². The van der Waals surface area contributed by atoms with Crippen molar-refractivity contribution in [3.63, 3.8) is 0 Å². The van der Waals surface area contributed by atoms with E-state index in [4.69, 9.17) is 4.74 Å². The Hall–Kier alpha value is -0.890. The maximum Gasteiger partial charge on any atom is 0.191 e. The zero-order valence-electron chi connectivity index (χ0n) is 12.1. The van der Waals surface area contributed by atoms with Gasteiger partial charge >= 0.3 is 0 Å². The van der Waals surface area contributed by atoms with Crippen LogP contribution in [0.5, 0.6) is 0 Å². The van der Waals surface area contributed by atoms with E-state index in [2.05, 4.69) is 15.6 Å². The second kappa shape index (κ2) is 10.8. The molecule has 0 spiro atoms. The van der Waals surface area contributed by atoms with E-state index in [0.717, 1.165) is 0 Å². The van der Waals surface area contributed by atoms with Crippen LogP contribution in [-0.2, 0) is 11.2 Å². The lowest BCUT2D eigenvalue weighted by Crippen LogP contribution is -2.44. The SMILES string of the molecule is CN=C(NCCc1ccccc1F)NC(C)COC.I. The molecular formula is C14H23FIN3O. The van der Waals surface area contributed by atoms with Crippen LogP contribution in [0.3, 0.4) is 0 Å². The molecule has 4 nitrogen and oxygen atoms in total. The standard InChI is InChI=1S/C14H22FN3O.HI/c1-11(10-19-3)18-14(16-2)17-9-8-12-6-4-5-7-13(12)15;/h4-7,11H,8-10H2,1-3H3,(H2,16,17,18);1H. The van der Waals surface area contributed by atoms with Crippen LogP contribution in [0.2, 0.25) is 0 Å². The second-order valence-corrected chi connectivity index (χ2v) is 4.34. The Morgan fingerprint density at radius 1 is 1.40 bits per heavy atom. The molecule has 0 aliphatic heterocycles. The Bertz CT molecular complexity index is 415. The van der Waals surface area contributed by atoms with E-state index < -0.39 is 0 Å². The molecule has 1 atom stereocenters. The number of guanidine groups is 1. The van der Waals surface area contributed by atoms with Crippen molar-refractivity contribution in [3.05, 3.63) is 35.6 Å². The molecule has 1 aromatic rings. The number of nitrogens with zero attached hydrogens (tertiary/aromatic N) is 1. The van der Waals surface area contributed by atoms with Gasteiger partial charge in [-0.15, -0.1) is 24.0 Å². The lowest BCUT2D eigenvalue weighted by Gasteiger charge is -2.17. The average Bonchev–Trinajstić information content (AvgIpc) is 2.40. The van der Waals surface area contributed by atoms with Crippen molar-refractivity contribution in [2.75, 3.05) is 27.3 Å². The molecule has 2 N–H and O–H groups in total. The fourth-order valence-corrected chi connectivity index (χ4v) is 1.74. The van der Waals surface area contributed by atoms with E-state index in [1.807, 2.05) is 13.0 Å². The third kappa shape index (κ3) is 7.04. The quantitative estimate of drug-likeness (QED) is 0.441. The summed E-state index contributed by atoms with van der Waals surface area (Å²) in [7, 11) is 3.37. The molecule has 0 saturated heterocycles. The number of rotatable bonds is 6. The number of benzene rings is 1. The zero-order valence-corrected chi connectivity index (χ0v) is 14.5. The van der Waals surface area contributed by atoms with Crippen LogP contribution in [0.15, 0.2) is 29.3 Å². The fourth-order valence-electron chi connectivity index (χ4n) is 1.74. The molecule has 0 radical (unpaired) electrons. The van der Waals surface area contributed by atoms with Crippen molar-refractivity contribution in [1.29, 1.82) is 0 Å². The minimum Gasteiger partial charge on any atom is -0.383 e. The van der Waals surface area contributed by atoms with Gasteiger partial charge in [-0.1, -0.05) is 18.2 Å². The Labute approximate surface area is 137 Å². The van der Waals surface area contributed by atoms with Crippen LogP contribution in [0.1, 0.15) is 12.5 Å². The van der Waals surface area contributed by atoms with Gasteiger partial charge in [-0.3, -0.25) is 4.99 Å². The Kier molecular flexibility index (Phi) is 10.4. The Morgan fingerprint density at radius 3 is 2.70 bits per heavy atom. The first kappa shape index (κ1) is 19.1. The first-order valence-electron chi connectivity index (χ1n) is 6.37. The Morgan fingerprint density at radius 2 is 2.10 bits per heavy atom. The highest BCUT2D eigenvalue weighted by molar-refractivity contribution is 14.0. The van der Waals surface area contributed by atoms with Crippen LogP contribution in [-0.4, -0.2) is 39.3 Å². The van der Waals surface area contributed by atoms with Gasteiger partial charge < -0.3 is 15.4 Å². The topological polar surface area (TPSA) is 45.7 Å². The van der Waals surface area contributed by atoms with Crippen molar-refractivity contribution in [2.45, 2.75) is 19.4 Å². The summed E-state index contributed by atoms with van der Waals surface area (Å²) in [5.74, 6) is 0.529. The van der Waals surface area contributed by atoms with Crippen molar-refractivity contribution in [1.82, 2.24) is 10.6 Å². The summed E-state index contributed by atoms with van der Waals surface area (Å²) in [6.07, 6.45) is 0.617. The normalized spacial score (nSPS) is 12.5. The van der Waals surface area contributed by atoms with E-state index in [9.17, 15) is 4.39 Å². The highest BCUT2D eigenvalue weighted by Gasteiger charge is 2.05. The summed E-state index contributed by atoms with van der Waals surface area (Å²) in [4.78, 5) is 4.11. The Balaban J connectivity index is 0.00000361. The van der Waals surface area contributed by atoms with Crippen LogP contribution in [0.4, 0.5) is 4.39 Å². The average molecular weight is 395 g/mol. The molecule has 0 aliphatic carbocycles. The molecule has 6 heteroatoms. The number of hydrogen-bond donors (Lipinski definition) is 2. The number of ether oxygens (including phenoxy) is 1. The predicted molar refractivity (Wildman–Crippen MR) is 91.4 cm³/mol. The molecule has 0 bridgehead atoms. The molecule has 1 unspecified atom stereocenters. The number of hydrogen-bond acceptors (Lipinski definition) is 2. The van der Waals surface area contributed by atoms with Crippen molar-refractivity contribution < 1.29 is 9.13 Å². The maximum absolute atomic E-state index is 13.4. The summed E-state index contributed by atoms with van der Waals surface area (Å²) >= 11 is 0. The summed E-state index contributed by atoms with van der Waals surface area (Å²) in [5.41, 5.74) is 0.704. The molecule has 0 aliphatic rings. The number of nitrogens with one attached hydrogen (secondary N) is 2. The van der Waals surface area contributed by atoms with E-state index in [0.29, 0.717) is 31.1 Å². The molecule has 0 saturated carbocycles. The number of methoxy groups -OCH3 is 1. The predicted octanol–water partition coefficient (Wildman–Crippen LogP) is 2.19. The lowest BCUT2D eigenvalue weighted by molar-refractivity contribution is 0.179. The molecule has 1 rings (SSSR count). The number of aliphatic imine (C=N–C) groups is 1. The minimum atomic E-state index is -0.167. The molecule has 20 heavy (non-hydrogen) atoms. The monoisotopic (exact) mass is 395 g/mol. The highest BCUT2D eigenvalue weighted by atomic mass is 127. The van der Waals surface area contributed by atoms with Crippen molar-refractivity contribution >= 4 is 29.9 Å².